The predicted octanol–water partition coefficient (Wildman–Crippen LogP) is 2.94. The Kier molecular flexibility index (Phi) is 10.5. The molecule has 1 N–H and O–H groups in total. The van der Waals surface area contributed by atoms with Crippen LogP contribution >= 0.6 is 25.3 Å². The molecule has 5 nitrogen and oxygen atoms in total. The van der Waals surface area contributed by atoms with Gasteiger partial charge in [0.15, 0.2) is 0 Å². The van der Waals surface area contributed by atoms with Crippen LogP contribution in [-0.4, -0.2) is 85.7 Å². The lowest BCUT2D eigenvalue weighted by molar-refractivity contribution is -0.153. The molecule has 2 aliphatic heterocycles. The number of nitrogens with zero attached hydrogens (tertiary/aromatic N) is 2. The average molecular weight is 466 g/mol. The van der Waals surface area contributed by atoms with Gasteiger partial charge in [0.1, 0.15) is 0 Å². The van der Waals surface area contributed by atoms with E-state index in [-0.39, 0.29) is 17.8 Å². The topological polar surface area (TPSA) is 44.8 Å². The maximum absolute atomic E-state index is 13.2. The summed E-state index contributed by atoms with van der Waals surface area (Å²) in [5, 5.41) is 3.38. The summed E-state index contributed by atoms with van der Waals surface area (Å²) < 4.78 is 5.87. The van der Waals surface area contributed by atoms with Crippen molar-refractivity contribution in [2.45, 2.75) is 43.7 Å². The van der Waals surface area contributed by atoms with E-state index in [0.717, 1.165) is 63.5 Å². The van der Waals surface area contributed by atoms with Gasteiger partial charge in [-0.25, -0.2) is 0 Å². The van der Waals surface area contributed by atoms with Crippen LogP contribution in [-0.2, 0) is 9.53 Å². The van der Waals surface area contributed by atoms with E-state index in [0.29, 0.717) is 18.7 Å². The maximum Gasteiger partial charge on any atom is 0.311 e. The highest BCUT2D eigenvalue weighted by Gasteiger charge is 2.49. The van der Waals surface area contributed by atoms with Crippen LogP contribution in [0.3, 0.4) is 0 Å². The largest absolute Gasteiger partial charge is 0.465 e. The van der Waals surface area contributed by atoms with Gasteiger partial charge in [-0.15, -0.1) is 0 Å². The third-order valence-corrected chi connectivity index (χ3v) is 7.36. The number of rotatable bonds is 13. The second kappa shape index (κ2) is 13.1. The summed E-state index contributed by atoms with van der Waals surface area (Å²) in [6.07, 6.45) is 4.19. The molecule has 7 heteroatoms. The number of piperidine rings is 1. The fourth-order valence-corrected chi connectivity index (χ4v) is 5.75. The molecular formula is C24H39N3O2S2. The zero-order valence-corrected chi connectivity index (χ0v) is 20.6. The highest BCUT2D eigenvalue weighted by atomic mass is 32.1. The van der Waals surface area contributed by atoms with Gasteiger partial charge >= 0.3 is 5.97 Å². The van der Waals surface area contributed by atoms with E-state index in [1.165, 1.54) is 12.0 Å². The summed E-state index contributed by atoms with van der Waals surface area (Å²) in [5.74, 6) is 1.88. The molecule has 2 aliphatic rings. The van der Waals surface area contributed by atoms with E-state index in [2.05, 4.69) is 71.7 Å². The van der Waals surface area contributed by atoms with Gasteiger partial charge in [-0.05, 0) is 38.3 Å². The first-order chi connectivity index (χ1) is 15.2. The fraction of sp³-hybridized carbons (Fsp3) is 0.708. The van der Waals surface area contributed by atoms with Crippen LogP contribution in [0.4, 0.5) is 0 Å². The Labute approximate surface area is 199 Å². The van der Waals surface area contributed by atoms with Gasteiger partial charge in [0.05, 0.1) is 12.5 Å². The molecule has 1 aromatic rings. The number of carbonyl (C=O) groups excluding carboxylic acids is 1. The first kappa shape index (κ1) is 24.9. The summed E-state index contributed by atoms with van der Waals surface area (Å²) in [6, 6.07) is 11.4. The Hall–Kier alpha value is -0.730. The van der Waals surface area contributed by atoms with Crippen molar-refractivity contribution in [2.75, 3.05) is 57.9 Å². The summed E-state index contributed by atoms with van der Waals surface area (Å²) in [6.45, 7) is 5.22. The zero-order valence-electron chi connectivity index (χ0n) is 18.8. The average Bonchev–Trinajstić information content (AvgIpc) is 3.01. The molecule has 4 unspecified atom stereocenters. The number of benzene rings is 1. The second-order valence-corrected chi connectivity index (χ2v) is 9.70. The molecular weight excluding hydrogens is 426 g/mol. The lowest BCUT2D eigenvalue weighted by atomic mass is 9.76. The SMILES string of the molecule is CN1C2CCC1C(C(=O)OCCCN(CCS)CCNCCS)C(c1ccccc1)C2. The molecule has 2 fully saturated rings. The van der Waals surface area contributed by atoms with E-state index < -0.39 is 0 Å². The number of fused-ring (bicyclic) bond motifs is 2. The molecule has 0 amide bonds. The number of hydrogen-bond donors (Lipinski definition) is 3. The molecule has 1 aromatic carbocycles. The van der Waals surface area contributed by atoms with Crippen LogP contribution in [0.25, 0.3) is 0 Å². The molecule has 2 heterocycles. The molecule has 4 atom stereocenters. The summed E-state index contributed by atoms with van der Waals surface area (Å²) >= 11 is 8.61. The fourth-order valence-electron chi connectivity index (χ4n) is 5.31. The number of carbonyl (C=O) groups is 1. The number of hydrogen-bond acceptors (Lipinski definition) is 7. The first-order valence-electron chi connectivity index (χ1n) is 11.7. The number of thiol groups is 2. The minimum atomic E-state index is -0.0647. The van der Waals surface area contributed by atoms with Crippen molar-refractivity contribution in [3.05, 3.63) is 35.9 Å². The van der Waals surface area contributed by atoms with E-state index in [9.17, 15) is 4.79 Å². The number of esters is 1. The lowest BCUT2D eigenvalue weighted by Gasteiger charge is -2.42. The standard InChI is InChI=1S/C24H39N3O2S2/c1-26-20-8-9-22(26)23(21(18-20)19-6-3-2-4-7-19)24(28)29-15-5-12-27(14-17-31)13-10-25-11-16-30/h2-4,6-7,20-23,25,30-31H,5,8-18H2,1H3. The van der Waals surface area contributed by atoms with Crippen molar-refractivity contribution in [3.8, 4) is 0 Å². The van der Waals surface area contributed by atoms with Gasteiger partial charge in [-0.2, -0.15) is 25.3 Å². The van der Waals surface area contributed by atoms with Gasteiger partial charge in [-0.1, -0.05) is 30.3 Å². The van der Waals surface area contributed by atoms with Crippen molar-refractivity contribution < 1.29 is 9.53 Å². The first-order valence-corrected chi connectivity index (χ1v) is 13.0. The third kappa shape index (κ3) is 6.87. The van der Waals surface area contributed by atoms with E-state index >= 15 is 0 Å². The van der Waals surface area contributed by atoms with Gasteiger partial charge in [-0.3, -0.25) is 9.69 Å². The van der Waals surface area contributed by atoms with Gasteiger partial charge in [0.2, 0.25) is 0 Å². The van der Waals surface area contributed by atoms with Crippen molar-refractivity contribution in [1.29, 1.82) is 0 Å². The quantitative estimate of drug-likeness (QED) is 0.238. The van der Waals surface area contributed by atoms with E-state index in [1.807, 2.05) is 6.07 Å². The van der Waals surface area contributed by atoms with Crippen LogP contribution in [0.1, 0.15) is 37.2 Å². The normalized spacial score (nSPS) is 25.8. The molecule has 174 valence electrons. The highest BCUT2D eigenvalue weighted by Crippen LogP contribution is 2.46. The predicted molar refractivity (Wildman–Crippen MR) is 134 cm³/mol. The van der Waals surface area contributed by atoms with Crippen LogP contribution in [0.15, 0.2) is 30.3 Å². The Morgan fingerprint density at radius 3 is 2.68 bits per heavy atom. The molecule has 2 saturated heterocycles. The highest BCUT2D eigenvalue weighted by molar-refractivity contribution is 7.80. The Bertz CT molecular complexity index is 663. The van der Waals surface area contributed by atoms with Gasteiger partial charge < -0.3 is 15.0 Å². The monoisotopic (exact) mass is 465 g/mol. The van der Waals surface area contributed by atoms with E-state index in [1.54, 1.807) is 0 Å². The number of nitrogens with one attached hydrogen (secondary N) is 1. The Morgan fingerprint density at radius 2 is 1.94 bits per heavy atom. The molecule has 0 radical (unpaired) electrons. The third-order valence-electron chi connectivity index (χ3n) is 6.94. The van der Waals surface area contributed by atoms with Crippen molar-refractivity contribution in [2.24, 2.45) is 5.92 Å². The minimum Gasteiger partial charge on any atom is -0.465 e. The van der Waals surface area contributed by atoms with Crippen LogP contribution in [0.5, 0.6) is 0 Å². The van der Waals surface area contributed by atoms with Crippen molar-refractivity contribution in [1.82, 2.24) is 15.1 Å². The van der Waals surface area contributed by atoms with Crippen molar-refractivity contribution >= 4 is 31.2 Å². The molecule has 0 saturated carbocycles. The van der Waals surface area contributed by atoms with Crippen LogP contribution < -0.4 is 5.32 Å². The van der Waals surface area contributed by atoms with Gasteiger partial charge in [0.25, 0.3) is 0 Å². The molecule has 0 spiro atoms. The lowest BCUT2D eigenvalue weighted by Crippen LogP contribution is -2.49. The summed E-state index contributed by atoms with van der Waals surface area (Å²) in [4.78, 5) is 18.0. The molecule has 31 heavy (non-hydrogen) atoms. The second-order valence-electron chi connectivity index (χ2n) is 8.80. The van der Waals surface area contributed by atoms with Gasteiger partial charge in [0, 0.05) is 62.2 Å². The smallest absolute Gasteiger partial charge is 0.311 e. The summed E-state index contributed by atoms with van der Waals surface area (Å²) in [7, 11) is 2.18. The molecule has 0 aromatic heterocycles. The summed E-state index contributed by atoms with van der Waals surface area (Å²) in [5.41, 5.74) is 1.28. The van der Waals surface area contributed by atoms with Crippen molar-refractivity contribution in [3.63, 3.8) is 0 Å². The number of ether oxygens (including phenoxy) is 1. The Morgan fingerprint density at radius 1 is 1.13 bits per heavy atom. The molecule has 3 rings (SSSR count). The van der Waals surface area contributed by atoms with E-state index in [4.69, 9.17) is 4.74 Å². The van der Waals surface area contributed by atoms with Crippen LogP contribution in [0, 0.1) is 5.92 Å². The van der Waals surface area contributed by atoms with Crippen LogP contribution in [0.2, 0.25) is 0 Å². The maximum atomic E-state index is 13.2. The zero-order chi connectivity index (χ0) is 22.1. The Balaban J connectivity index is 1.51. The molecule has 0 aliphatic carbocycles. The molecule has 2 bridgehead atoms. The minimum absolute atomic E-state index is 0.0118.